The van der Waals surface area contributed by atoms with Crippen molar-refractivity contribution < 1.29 is 22.8 Å². The Labute approximate surface area is 149 Å². The standard InChI is InChI=1S/C19H24O5S/c1-2-3-4-5-6-8-15-9-7-10-18(25(21,22)23)19(15)24-17-13-11-16(20)12-14-17/h7,9-14,20H,2-6,8H2,1H3,(H,21,22,23). The van der Waals surface area contributed by atoms with Gasteiger partial charge in [0.2, 0.25) is 0 Å². The maximum atomic E-state index is 11.7. The number of phenols is 1. The first-order valence-electron chi connectivity index (χ1n) is 8.48. The summed E-state index contributed by atoms with van der Waals surface area (Å²) in [5.74, 6) is 0.624. The summed E-state index contributed by atoms with van der Waals surface area (Å²) in [5.41, 5.74) is 0.736. The van der Waals surface area contributed by atoms with Gasteiger partial charge in [0, 0.05) is 0 Å². The Hall–Kier alpha value is -2.05. The molecule has 5 nitrogen and oxygen atoms in total. The smallest absolute Gasteiger partial charge is 0.298 e. The molecule has 136 valence electrons. The molecule has 0 heterocycles. The second-order valence-electron chi connectivity index (χ2n) is 5.98. The van der Waals surface area contributed by atoms with Gasteiger partial charge in [-0.05, 0) is 48.7 Å². The number of para-hydroxylation sites is 1. The normalized spacial score (nSPS) is 11.4. The summed E-state index contributed by atoms with van der Waals surface area (Å²) in [6.45, 7) is 2.15. The first-order valence-corrected chi connectivity index (χ1v) is 9.92. The van der Waals surface area contributed by atoms with Crippen LogP contribution < -0.4 is 4.74 Å². The van der Waals surface area contributed by atoms with Crippen LogP contribution in [0.1, 0.15) is 44.6 Å². The van der Waals surface area contributed by atoms with Crippen LogP contribution in [0.4, 0.5) is 0 Å². The maximum Gasteiger partial charge on any atom is 0.298 e. The van der Waals surface area contributed by atoms with Crippen molar-refractivity contribution in [2.75, 3.05) is 0 Å². The zero-order valence-corrected chi connectivity index (χ0v) is 15.1. The number of rotatable bonds is 9. The molecule has 0 atom stereocenters. The van der Waals surface area contributed by atoms with E-state index in [1.807, 2.05) is 6.07 Å². The van der Waals surface area contributed by atoms with E-state index in [0.29, 0.717) is 12.2 Å². The summed E-state index contributed by atoms with van der Waals surface area (Å²) in [6, 6.07) is 10.7. The number of hydrogen-bond donors (Lipinski definition) is 2. The van der Waals surface area contributed by atoms with Gasteiger partial charge in [0.15, 0.2) is 5.75 Å². The van der Waals surface area contributed by atoms with Gasteiger partial charge >= 0.3 is 0 Å². The molecule has 0 fully saturated rings. The molecule has 0 bridgehead atoms. The highest BCUT2D eigenvalue weighted by atomic mass is 32.2. The zero-order chi connectivity index (χ0) is 18.3. The van der Waals surface area contributed by atoms with Gasteiger partial charge in [-0.2, -0.15) is 8.42 Å². The van der Waals surface area contributed by atoms with Gasteiger partial charge in [0.1, 0.15) is 16.4 Å². The molecule has 2 N–H and O–H groups in total. The Morgan fingerprint density at radius 3 is 2.28 bits per heavy atom. The van der Waals surface area contributed by atoms with Crippen molar-refractivity contribution in [3.8, 4) is 17.2 Å². The molecule has 0 saturated heterocycles. The largest absolute Gasteiger partial charge is 0.508 e. The van der Waals surface area contributed by atoms with Gasteiger partial charge in [-0.3, -0.25) is 4.55 Å². The van der Waals surface area contributed by atoms with E-state index >= 15 is 0 Å². The Morgan fingerprint density at radius 1 is 0.960 bits per heavy atom. The maximum absolute atomic E-state index is 11.7. The Bertz CT molecular complexity index is 782. The fraction of sp³-hybridized carbons (Fsp3) is 0.368. The summed E-state index contributed by atoms with van der Waals surface area (Å²) in [4.78, 5) is -0.244. The first kappa shape index (κ1) is 19.3. The Kier molecular flexibility index (Phi) is 6.84. The van der Waals surface area contributed by atoms with E-state index < -0.39 is 10.1 Å². The lowest BCUT2D eigenvalue weighted by molar-refractivity contribution is 0.440. The minimum absolute atomic E-state index is 0.0894. The van der Waals surface area contributed by atoms with Gasteiger partial charge in [-0.25, -0.2) is 0 Å². The monoisotopic (exact) mass is 364 g/mol. The topological polar surface area (TPSA) is 83.8 Å². The number of aryl methyl sites for hydroxylation is 1. The van der Waals surface area contributed by atoms with E-state index in [0.717, 1.165) is 31.2 Å². The summed E-state index contributed by atoms with van der Waals surface area (Å²) in [6.07, 6.45) is 6.13. The third kappa shape index (κ3) is 5.76. The number of benzene rings is 2. The quantitative estimate of drug-likeness (QED) is 0.486. The van der Waals surface area contributed by atoms with E-state index in [-0.39, 0.29) is 16.4 Å². The van der Waals surface area contributed by atoms with Crippen LogP contribution in [0.3, 0.4) is 0 Å². The number of ether oxygens (including phenoxy) is 1. The molecule has 0 unspecified atom stereocenters. The van der Waals surface area contributed by atoms with E-state index in [1.165, 1.54) is 24.6 Å². The second kappa shape index (κ2) is 8.87. The summed E-state index contributed by atoms with van der Waals surface area (Å²) in [5, 5.41) is 9.36. The van der Waals surface area contributed by atoms with Crippen molar-refractivity contribution in [2.45, 2.75) is 50.3 Å². The minimum Gasteiger partial charge on any atom is -0.508 e. The fourth-order valence-electron chi connectivity index (χ4n) is 2.63. The van der Waals surface area contributed by atoms with Crippen LogP contribution in [0.5, 0.6) is 17.2 Å². The predicted molar refractivity (Wildman–Crippen MR) is 96.9 cm³/mol. The van der Waals surface area contributed by atoms with E-state index in [4.69, 9.17) is 4.74 Å². The van der Waals surface area contributed by atoms with Crippen LogP contribution in [0, 0.1) is 0 Å². The molecule has 0 radical (unpaired) electrons. The highest BCUT2D eigenvalue weighted by molar-refractivity contribution is 7.86. The molecule has 6 heteroatoms. The lowest BCUT2D eigenvalue weighted by Crippen LogP contribution is -2.04. The van der Waals surface area contributed by atoms with Crippen LogP contribution in [0.15, 0.2) is 47.4 Å². The number of phenolic OH excluding ortho intramolecular Hbond substituents is 1. The third-order valence-corrected chi connectivity index (χ3v) is 4.82. The highest BCUT2D eigenvalue weighted by Crippen LogP contribution is 2.34. The SMILES string of the molecule is CCCCCCCc1cccc(S(=O)(=O)O)c1Oc1ccc(O)cc1. The Morgan fingerprint density at radius 2 is 1.64 bits per heavy atom. The summed E-state index contributed by atoms with van der Waals surface area (Å²) >= 11 is 0. The fourth-order valence-corrected chi connectivity index (χ4v) is 3.29. The molecular weight excluding hydrogens is 340 g/mol. The summed E-state index contributed by atoms with van der Waals surface area (Å²) in [7, 11) is -4.40. The minimum atomic E-state index is -4.40. The molecule has 2 aromatic rings. The number of aromatic hydroxyl groups is 1. The van der Waals surface area contributed by atoms with Gasteiger partial charge in [-0.15, -0.1) is 0 Å². The first-order chi connectivity index (χ1) is 11.9. The molecule has 0 aliphatic carbocycles. The zero-order valence-electron chi connectivity index (χ0n) is 14.3. The van der Waals surface area contributed by atoms with E-state index in [9.17, 15) is 18.1 Å². The lowest BCUT2D eigenvalue weighted by Gasteiger charge is -2.14. The van der Waals surface area contributed by atoms with Crippen molar-refractivity contribution in [1.82, 2.24) is 0 Å². The third-order valence-electron chi connectivity index (χ3n) is 3.94. The van der Waals surface area contributed by atoms with Gasteiger partial charge in [0.05, 0.1) is 0 Å². The lowest BCUT2D eigenvalue weighted by atomic mass is 10.0. The van der Waals surface area contributed by atoms with Crippen LogP contribution >= 0.6 is 0 Å². The van der Waals surface area contributed by atoms with Crippen LogP contribution in [-0.2, 0) is 16.5 Å². The van der Waals surface area contributed by atoms with Crippen molar-refractivity contribution in [3.05, 3.63) is 48.0 Å². The molecule has 25 heavy (non-hydrogen) atoms. The van der Waals surface area contributed by atoms with Gasteiger partial charge in [-0.1, -0.05) is 44.7 Å². The van der Waals surface area contributed by atoms with Gasteiger partial charge in [0.25, 0.3) is 10.1 Å². The molecule has 0 saturated carbocycles. The molecule has 0 aliphatic heterocycles. The highest BCUT2D eigenvalue weighted by Gasteiger charge is 2.20. The van der Waals surface area contributed by atoms with Crippen molar-refractivity contribution >= 4 is 10.1 Å². The predicted octanol–water partition coefficient (Wildman–Crippen LogP) is 4.94. The van der Waals surface area contributed by atoms with E-state index in [2.05, 4.69) is 6.92 Å². The number of unbranched alkanes of at least 4 members (excludes halogenated alkanes) is 4. The van der Waals surface area contributed by atoms with Crippen molar-refractivity contribution in [1.29, 1.82) is 0 Å². The van der Waals surface area contributed by atoms with E-state index in [1.54, 1.807) is 18.2 Å². The van der Waals surface area contributed by atoms with Crippen LogP contribution in [0.25, 0.3) is 0 Å². The average Bonchev–Trinajstić information content (AvgIpc) is 2.57. The molecular formula is C19H24O5S. The average molecular weight is 364 g/mol. The molecule has 0 spiro atoms. The molecule has 0 aromatic heterocycles. The Balaban J connectivity index is 2.27. The van der Waals surface area contributed by atoms with Crippen molar-refractivity contribution in [2.24, 2.45) is 0 Å². The molecule has 0 amide bonds. The van der Waals surface area contributed by atoms with Crippen molar-refractivity contribution in [3.63, 3.8) is 0 Å². The van der Waals surface area contributed by atoms with Crippen LogP contribution in [0.2, 0.25) is 0 Å². The molecule has 2 aromatic carbocycles. The van der Waals surface area contributed by atoms with Gasteiger partial charge < -0.3 is 9.84 Å². The molecule has 0 aliphatic rings. The number of hydrogen-bond acceptors (Lipinski definition) is 4. The van der Waals surface area contributed by atoms with Crippen LogP contribution in [-0.4, -0.2) is 18.1 Å². The second-order valence-corrected chi connectivity index (χ2v) is 7.37. The molecule has 2 rings (SSSR count). The summed E-state index contributed by atoms with van der Waals surface area (Å²) < 4.78 is 38.7.